The molecule has 0 radical (unpaired) electrons. The first-order valence-electron chi connectivity index (χ1n) is 7.64. The lowest BCUT2D eigenvalue weighted by atomic mass is 10.0. The normalized spacial score (nSPS) is 12.5. The van der Waals surface area contributed by atoms with E-state index in [9.17, 15) is 5.11 Å². The Morgan fingerprint density at radius 1 is 1.10 bits per heavy atom. The van der Waals surface area contributed by atoms with E-state index in [0.717, 1.165) is 19.4 Å². The molecule has 1 aromatic carbocycles. The predicted molar refractivity (Wildman–Crippen MR) is 86.1 cm³/mol. The molecule has 1 N–H and O–H groups in total. The van der Waals surface area contributed by atoms with Gasteiger partial charge in [0.25, 0.3) is 0 Å². The molecule has 0 aliphatic rings. The topological polar surface area (TPSA) is 36.4 Å². The average molecular weight is 284 g/mol. The molecule has 0 saturated carbocycles. The number of hydrogen-bond donors (Lipinski definition) is 1. The summed E-state index contributed by atoms with van der Waals surface area (Å²) >= 11 is 0. The van der Waals surface area contributed by atoms with Crippen LogP contribution in [0.4, 0.5) is 0 Å². The molecule has 0 bridgehead atoms. The molecule has 2 rings (SSSR count). The molecule has 3 heteroatoms. The van der Waals surface area contributed by atoms with E-state index < -0.39 is 0 Å². The molecule has 1 atom stereocenters. The Hall–Kier alpha value is -1.71. The highest BCUT2D eigenvalue weighted by atomic mass is 16.3. The van der Waals surface area contributed by atoms with Crippen molar-refractivity contribution in [2.24, 2.45) is 0 Å². The molecule has 1 aromatic heterocycles. The summed E-state index contributed by atoms with van der Waals surface area (Å²) < 4.78 is 0. The summed E-state index contributed by atoms with van der Waals surface area (Å²) in [6, 6.07) is 14.9. The van der Waals surface area contributed by atoms with Crippen LogP contribution in [0.3, 0.4) is 0 Å². The van der Waals surface area contributed by atoms with Crippen LogP contribution in [-0.4, -0.2) is 34.7 Å². The summed E-state index contributed by atoms with van der Waals surface area (Å²) in [5.41, 5.74) is 2.56. The predicted octanol–water partition coefficient (Wildman–Crippen LogP) is 3.07. The monoisotopic (exact) mass is 284 g/mol. The number of pyridine rings is 1. The quantitative estimate of drug-likeness (QED) is 0.809. The van der Waals surface area contributed by atoms with Crippen LogP contribution in [0.15, 0.2) is 54.9 Å². The zero-order valence-corrected chi connectivity index (χ0v) is 12.7. The van der Waals surface area contributed by atoms with Gasteiger partial charge in [-0.15, -0.1) is 0 Å². The van der Waals surface area contributed by atoms with Crippen molar-refractivity contribution >= 4 is 0 Å². The van der Waals surface area contributed by atoms with Crippen LogP contribution in [0.5, 0.6) is 0 Å². The molecule has 0 aliphatic heterocycles. The summed E-state index contributed by atoms with van der Waals surface area (Å²) in [6.45, 7) is 4.01. The minimum atomic E-state index is 0.186. The van der Waals surface area contributed by atoms with Crippen LogP contribution >= 0.6 is 0 Å². The number of aromatic nitrogens is 1. The van der Waals surface area contributed by atoms with Crippen molar-refractivity contribution in [3.8, 4) is 0 Å². The Kier molecular flexibility index (Phi) is 6.38. The van der Waals surface area contributed by atoms with Crippen LogP contribution in [-0.2, 0) is 6.42 Å². The fourth-order valence-electron chi connectivity index (χ4n) is 2.75. The standard InChI is InChI=1S/C18H24N2O/c1-2-18(17-9-6-11-19-15-17)20(13-14-21)12-10-16-7-4-3-5-8-16/h3-9,11,15,18,21H,2,10,12-14H2,1H3. The number of aliphatic hydroxyl groups excluding tert-OH is 1. The summed E-state index contributed by atoms with van der Waals surface area (Å²) in [7, 11) is 0. The molecule has 0 amide bonds. The number of benzene rings is 1. The van der Waals surface area contributed by atoms with Gasteiger partial charge >= 0.3 is 0 Å². The smallest absolute Gasteiger partial charge is 0.0558 e. The molecular weight excluding hydrogens is 260 g/mol. The van der Waals surface area contributed by atoms with Gasteiger partial charge in [0.1, 0.15) is 0 Å². The van der Waals surface area contributed by atoms with E-state index in [1.54, 1.807) is 6.20 Å². The Bertz CT molecular complexity index is 501. The van der Waals surface area contributed by atoms with Gasteiger partial charge in [-0.25, -0.2) is 0 Å². The number of nitrogens with zero attached hydrogens (tertiary/aromatic N) is 2. The van der Waals surface area contributed by atoms with E-state index in [4.69, 9.17) is 0 Å². The molecule has 0 fully saturated rings. The molecule has 1 unspecified atom stereocenters. The highest BCUT2D eigenvalue weighted by Gasteiger charge is 2.18. The Morgan fingerprint density at radius 2 is 1.90 bits per heavy atom. The zero-order chi connectivity index (χ0) is 14.9. The van der Waals surface area contributed by atoms with Gasteiger partial charge in [0, 0.05) is 31.5 Å². The molecule has 0 spiro atoms. The first-order chi connectivity index (χ1) is 10.3. The van der Waals surface area contributed by atoms with Crippen molar-refractivity contribution in [2.75, 3.05) is 19.7 Å². The second-order valence-electron chi connectivity index (χ2n) is 5.21. The third-order valence-corrected chi connectivity index (χ3v) is 3.81. The molecule has 21 heavy (non-hydrogen) atoms. The van der Waals surface area contributed by atoms with E-state index >= 15 is 0 Å². The second-order valence-corrected chi connectivity index (χ2v) is 5.21. The van der Waals surface area contributed by atoms with E-state index in [0.29, 0.717) is 12.6 Å². The maximum atomic E-state index is 9.37. The van der Waals surface area contributed by atoms with Crippen LogP contribution < -0.4 is 0 Å². The molecule has 3 nitrogen and oxygen atoms in total. The maximum Gasteiger partial charge on any atom is 0.0558 e. The van der Waals surface area contributed by atoms with Crippen molar-refractivity contribution in [2.45, 2.75) is 25.8 Å². The highest BCUT2D eigenvalue weighted by molar-refractivity contribution is 5.16. The number of hydrogen-bond acceptors (Lipinski definition) is 3. The fourth-order valence-corrected chi connectivity index (χ4v) is 2.75. The summed E-state index contributed by atoms with van der Waals surface area (Å²) in [5, 5.41) is 9.37. The molecular formula is C18H24N2O. The van der Waals surface area contributed by atoms with Crippen LogP contribution in [0, 0.1) is 0 Å². The van der Waals surface area contributed by atoms with Gasteiger partial charge in [0.05, 0.1) is 6.61 Å². The van der Waals surface area contributed by atoms with Gasteiger partial charge < -0.3 is 5.11 Å². The van der Waals surface area contributed by atoms with Gasteiger partial charge in [-0.3, -0.25) is 9.88 Å². The largest absolute Gasteiger partial charge is 0.395 e. The van der Waals surface area contributed by atoms with Crippen molar-refractivity contribution in [1.82, 2.24) is 9.88 Å². The van der Waals surface area contributed by atoms with E-state index in [-0.39, 0.29) is 6.61 Å². The molecule has 0 aliphatic carbocycles. The maximum absolute atomic E-state index is 9.37. The Morgan fingerprint density at radius 3 is 2.52 bits per heavy atom. The SMILES string of the molecule is CCC(c1cccnc1)N(CCO)CCc1ccccc1. The third-order valence-electron chi connectivity index (χ3n) is 3.81. The van der Waals surface area contributed by atoms with Crippen molar-refractivity contribution in [3.05, 3.63) is 66.0 Å². The fraction of sp³-hybridized carbons (Fsp3) is 0.389. The number of aliphatic hydroxyl groups is 1. The van der Waals surface area contributed by atoms with Crippen molar-refractivity contribution in [3.63, 3.8) is 0 Å². The minimum Gasteiger partial charge on any atom is -0.395 e. The van der Waals surface area contributed by atoms with Gasteiger partial charge in [-0.1, -0.05) is 43.3 Å². The van der Waals surface area contributed by atoms with Gasteiger partial charge in [0.2, 0.25) is 0 Å². The summed E-state index contributed by atoms with van der Waals surface area (Å²) in [5.74, 6) is 0. The second kappa shape index (κ2) is 8.55. The minimum absolute atomic E-state index is 0.186. The van der Waals surface area contributed by atoms with Crippen LogP contribution in [0.1, 0.15) is 30.5 Å². The van der Waals surface area contributed by atoms with Gasteiger partial charge in [-0.05, 0) is 30.0 Å². The average Bonchev–Trinajstić information content (AvgIpc) is 2.55. The van der Waals surface area contributed by atoms with Crippen LogP contribution in [0.25, 0.3) is 0 Å². The van der Waals surface area contributed by atoms with Crippen molar-refractivity contribution in [1.29, 1.82) is 0 Å². The molecule has 2 aromatic rings. The molecule has 1 heterocycles. The zero-order valence-electron chi connectivity index (χ0n) is 12.7. The van der Waals surface area contributed by atoms with E-state index in [1.807, 2.05) is 18.3 Å². The molecule has 0 saturated heterocycles. The summed E-state index contributed by atoms with van der Waals surface area (Å²) in [6.07, 6.45) is 5.75. The number of rotatable bonds is 8. The lowest BCUT2D eigenvalue weighted by molar-refractivity contribution is 0.148. The van der Waals surface area contributed by atoms with E-state index in [2.05, 4.69) is 47.1 Å². The summed E-state index contributed by atoms with van der Waals surface area (Å²) in [4.78, 5) is 6.58. The van der Waals surface area contributed by atoms with Crippen molar-refractivity contribution < 1.29 is 5.11 Å². The lowest BCUT2D eigenvalue weighted by Gasteiger charge is -2.30. The Balaban J connectivity index is 2.06. The van der Waals surface area contributed by atoms with Gasteiger partial charge in [0.15, 0.2) is 0 Å². The highest BCUT2D eigenvalue weighted by Crippen LogP contribution is 2.23. The first-order valence-corrected chi connectivity index (χ1v) is 7.64. The third kappa shape index (κ3) is 4.66. The van der Waals surface area contributed by atoms with Crippen LogP contribution in [0.2, 0.25) is 0 Å². The van der Waals surface area contributed by atoms with E-state index in [1.165, 1.54) is 11.1 Å². The first kappa shape index (κ1) is 15.7. The van der Waals surface area contributed by atoms with Gasteiger partial charge in [-0.2, -0.15) is 0 Å². The molecule has 112 valence electrons. The Labute approximate surface area is 127 Å². The lowest BCUT2D eigenvalue weighted by Crippen LogP contribution is -2.33.